The number of carbonyl (C=O) groups excluding carboxylic acids is 2. The quantitative estimate of drug-likeness (QED) is 0.424. The minimum atomic E-state index is -1.35. The second-order valence-electron chi connectivity index (χ2n) is 5.94. The molecule has 0 fully saturated rings. The Balaban J connectivity index is 2.45. The highest BCUT2D eigenvalue weighted by molar-refractivity contribution is 9.10. The number of fused-ring (bicyclic) bond motifs is 1. The van der Waals surface area contributed by atoms with Gasteiger partial charge < -0.3 is 29.4 Å². The van der Waals surface area contributed by atoms with Gasteiger partial charge in [-0.05, 0) is 18.2 Å². The molecule has 9 nitrogen and oxygen atoms in total. The van der Waals surface area contributed by atoms with Crippen LogP contribution in [0.15, 0.2) is 34.1 Å². The molecule has 156 valence electrons. The monoisotopic (exact) mass is 468 g/mol. The predicted molar refractivity (Wildman–Crippen MR) is 103 cm³/mol. The van der Waals surface area contributed by atoms with E-state index >= 15 is 0 Å². The largest absolute Gasteiger partial charge is 0.462 e. The zero-order valence-corrected chi connectivity index (χ0v) is 17.6. The Bertz CT molecular complexity index is 834. The Morgan fingerprint density at radius 1 is 1.21 bits per heavy atom. The molecule has 29 heavy (non-hydrogen) atoms. The number of esters is 2. The number of ether oxygens (including phenoxy) is 5. The first-order chi connectivity index (χ1) is 13.9. The van der Waals surface area contributed by atoms with Gasteiger partial charge in [-0.2, -0.15) is 5.26 Å². The van der Waals surface area contributed by atoms with Crippen molar-refractivity contribution in [2.24, 2.45) is 11.7 Å². The van der Waals surface area contributed by atoms with Gasteiger partial charge in [-0.3, -0.25) is 4.79 Å². The van der Waals surface area contributed by atoms with E-state index in [1.807, 2.05) is 6.07 Å². The van der Waals surface area contributed by atoms with Crippen molar-refractivity contribution in [1.29, 1.82) is 5.26 Å². The Morgan fingerprint density at radius 3 is 2.48 bits per heavy atom. The molecule has 0 aromatic heterocycles. The zero-order valence-electron chi connectivity index (χ0n) is 16.0. The molecule has 2 atom stereocenters. The van der Waals surface area contributed by atoms with Gasteiger partial charge in [0.1, 0.15) is 24.5 Å². The minimum absolute atomic E-state index is 0.0281. The van der Waals surface area contributed by atoms with Crippen molar-refractivity contribution in [2.45, 2.75) is 5.92 Å². The van der Waals surface area contributed by atoms with Gasteiger partial charge in [0.15, 0.2) is 5.92 Å². The van der Waals surface area contributed by atoms with Crippen molar-refractivity contribution in [3.63, 3.8) is 0 Å². The fourth-order valence-electron chi connectivity index (χ4n) is 2.79. The number of nitriles is 1. The van der Waals surface area contributed by atoms with Gasteiger partial charge in [-0.1, -0.05) is 15.9 Å². The third-order valence-electron chi connectivity index (χ3n) is 4.10. The first kappa shape index (κ1) is 22.7. The van der Waals surface area contributed by atoms with E-state index in [1.165, 1.54) is 14.2 Å². The highest BCUT2D eigenvalue weighted by Crippen LogP contribution is 2.44. The van der Waals surface area contributed by atoms with Crippen molar-refractivity contribution in [3.8, 4) is 11.8 Å². The average Bonchev–Trinajstić information content (AvgIpc) is 2.69. The number of nitrogens with two attached hydrogens (primary N) is 1. The summed E-state index contributed by atoms with van der Waals surface area (Å²) in [5.74, 6) is -3.91. The molecule has 0 spiro atoms. The molecule has 2 N–H and O–H groups in total. The molecule has 0 saturated carbocycles. The third-order valence-corrected chi connectivity index (χ3v) is 4.60. The minimum Gasteiger partial charge on any atom is -0.462 e. The van der Waals surface area contributed by atoms with E-state index in [-0.39, 0.29) is 37.9 Å². The fourth-order valence-corrected chi connectivity index (χ4v) is 3.16. The molecule has 10 heteroatoms. The van der Waals surface area contributed by atoms with Gasteiger partial charge >= 0.3 is 11.9 Å². The molecule has 0 bridgehead atoms. The lowest BCUT2D eigenvalue weighted by molar-refractivity contribution is -0.148. The number of carbonyl (C=O) groups is 2. The van der Waals surface area contributed by atoms with E-state index in [2.05, 4.69) is 15.9 Å². The highest BCUT2D eigenvalue weighted by atomic mass is 79.9. The number of methoxy groups -OCH3 is 2. The van der Waals surface area contributed by atoms with Gasteiger partial charge in [-0.15, -0.1) is 0 Å². The van der Waals surface area contributed by atoms with Crippen LogP contribution in [-0.4, -0.2) is 52.6 Å². The molecule has 1 aromatic carbocycles. The van der Waals surface area contributed by atoms with Gasteiger partial charge in [0.2, 0.25) is 5.88 Å². The summed E-state index contributed by atoms with van der Waals surface area (Å²) in [6, 6.07) is 6.91. The lowest BCUT2D eigenvalue weighted by Gasteiger charge is -2.30. The second-order valence-corrected chi connectivity index (χ2v) is 6.85. The fraction of sp³-hybridized carbons (Fsp3) is 0.421. The molecule has 0 aliphatic carbocycles. The van der Waals surface area contributed by atoms with Crippen LogP contribution in [0.5, 0.6) is 5.75 Å². The number of hydrogen-bond acceptors (Lipinski definition) is 9. The summed E-state index contributed by atoms with van der Waals surface area (Å²) in [5.41, 5.74) is 6.28. The maximum atomic E-state index is 12.7. The van der Waals surface area contributed by atoms with Crippen LogP contribution in [0.2, 0.25) is 0 Å². The van der Waals surface area contributed by atoms with E-state index in [4.69, 9.17) is 29.4 Å². The summed E-state index contributed by atoms with van der Waals surface area (Å²) in [5, 5.41) is 9.73. The van der Waals surface area contributed by atoms with Crippen molar-refractivity contribution < 1.29 is 33.3 Å². The Morgan fingerprint density at radius 2 is 1.86 bits per heavy atom. The van der Waals surface area contributed by atoms with Gasteiger partial charge in [0.05, 0.1) is 25.2 Å². The van der Waals surface area contributed by atoms with E-state index in [0.717, 1.165) is 0 Å². The molecule has 1 aliphatic heterocycles. The molecule has 2 unspecified atom stereocenters. The number of nitrogens with zero attached hydrogens (tertiary/aromatic N) is 1. The van der Waals surface area contributed by atoms with E-state index in [0.29, 0.717) is 15.8 Å². The number of halogens is 1. The normalized spacial score (nSPS) is 16.3. The molecule has 0 saturated heterocycles. The lowest BCUT2D eigenvalue weighted by Crippen LogP contribution is -2.34. The van der Waals surface area contributed by atoms with Crippen molar-refractivity contribution in [1.82, 2.24) is 0 Å². The van der Waals surface area contributed by atoms with E-state index in [1.54, 1.807) is 18.2 Å². The standard InChI is InChI=1S/C19H21BrN2O7/c1-25-5-7-27-18(23)13(10-21)15-12-9-11(20)3-4-14(12)29-17(22)16(15)19(24)28-8-6-26-2/h3-4,9,13,15H,5-8,22H2,1-2H3. The Hall–Kier alpha value is -2.61. The molecule has 1 aromatic rings. The van der Waals surface area contributed by atoms with Crippen LogP contribution >= 0.6 is 15.9 Å². The van der Waals surface area contributed by atoms with Crippen LogP contribution in [0.4, 0.5) is 0 Å². The van der Waals surface area contributed by atoms with Crippen molar-refractivity contribution in [3.05, 3.63) is 39.7 Å². The molecular formula is C19H21BrN2O7. The van der Waals surface area contributed by atoms with Crippen molar-refractivity contribution in [2.75, 3.05) is 40.6 Å². The van der Waals surface area contributed by atoms with Crippen molar-refractivity contribution >= 4 is 27.9 Å². The van der Waals surface area contributed by atoms with E-state index < -0.39 is 23.8 Å². The van der Waals surface area contributed by atoms with Gasteiger partial charge in [-0.25, -0.2) is 4.79 Å². The summed E-state index contributed by atoms with van der Waals surface area (Å²) in [4.78, 5) is 25.3. The van der Waals surface area contributed by atoms with Gasteiger partial charge in [0.25, 0.3) is 0 Å². The molecular weight excluding hydrogens is 448 g/mol. The summed E-state index contributed by atoms with van der Waals surface area (Å²) in [6.45, 7) is 0.283. The molecule has 1 aliphatic rings. The SMILES string of the molecule is COCCOC(=O)C1=C(N)Oc2ccc(Br)cc2C1C(C#N)C(=O)OCCOC. The number of rotatable bonds is 9. The van der Waals surface area contributed by atoms with E-state index in [9.17, 15) is 14.9 Å². The lowest BCUT2D eigenvalue weighted by atomic mass is 9.79. The maximum Gasteiger partial charge on any atom is 0.340 e. The summed E-state index contributed by atoms with van der Waals surface area (Å²) >= 11 is 3.35. The summed E-state index contributed by atoms with van der Waals surface area (Å²) in [7, 11) is 2.92. The van der Waals surface area contributed by atoms with Crippen LogP contribution in [0.25, 0.3) is 0 Å². The van der Waals surface area contributed by atoms with Crippen LogP contribution < -0.4 is 10.5 Å². The Kier molecular flexibility index (Phi) is 8.45. The molecule has 1 heterocycles. The first-order valence-corrected chi connectivity index (χ1v) is 9.42. The average molecular weight is 469 g/mol. The molecule has 0 amide bonds. The second kappa shape index (κ2) is 10.8. The Labute approximate surface area is 176 Å². The maximum absolute atomic E-state index is 12.7. The first-order valence-electron chi connectivity index (χ1n) is 8.62. The topological polar surface area (TPSA) is 130 Å². The predicted octanol–water partition coefficient (Wildman–Crippen LogP) is 1.61. The summed E-state index contributed by atoms with van der Waals surface area (Å²) in [6.07, 6.45) is 0. The highest BCUT2D eigenvalue weighted by Gasteiger charge is 2.43. The van der Waals surface area contributed by atoms with Crippen LogP contribution in [0.3, 0.4) is 0 Å². The third kappa shape index (κ3) is 5.47. The smallest absolute Gasteiger partial charge is 0.340 e. The molecule has 0 radical (unpaired) electrons. The summed E-state index contributed by atoms with van der Waals surface area (Å²) < 4.78 is 26.2. The molecule has 2 rings (SSSR count). The van der Waals surface area contributed by atoms with Crippen LogP contribution in [0.1, 0.15) is 11.5 Å². The van der Waals surface area contributed by atoms with Crippen LogP contribution in [0, 0.1) is 17.2 Å². The number of benzene rings is 1. The number of hydrogen-bond donors (Lipinski definition) is 1. The van der Waals surface area contributed by atoms with Gasteiger partial charge in [0, 0.05) is 24.3 Å². The van der Waals surface area contributed by atoms with Crippen LogP contribution in [-0.2, 0) is 28.5 Å². The zero-order chi connectivity index (χ0) is 21.4.